The molecule has 1 aliphatic rings. The predicted octanol–water partition coefficient (Wildman–Crippen LogP) is 1.67. The van der Waals surface area contributed by atoms with Crippen molar-refractivity contribution in [2.75, 3.05) is 6.61 Å². The second-order valence-electron chi connectivity index (χ2n) is 3.87. The van der Waals surface area contributed by atoms with Crippen molar-refractivity contribution in [1.29, 1.82) is 0 Å². The zero-order valence-corrected chi connectivity index (χ0v) is 8.74. The number of carbonyl (C=O) groups is 1. The quantitative estimate of drug-likeness (QED) is 0.825. The normalized spacial score (nSPS) is 28.8. The second-order valence-corrected chi connectivity index (χ2v) is 4.30. The molecule has 2 rings (SSSR count). The van der Waals surface area contributed by atoms with Crippen LogP contribution in [0.25, 0.3) is 0 Å². The lowest BCUT2D eigenvalue weighted by Gasteiger charge is -2.11. The Morgan fingerprint density at radius 1 is 1.47 bits per heavy atom. The van der Waals surface area contributed by atoms with Gasteiger partial charge in [-0.1, -0.05) is 23.7 Å². The summed E-state index contributed by atoms with van der Waals surface area (Å²) in [6, 6.07) is 6.78. The van der Waals surface area contributed by atoms with Crippen LogP contribution >= 0.6 is 11.6 Å². The number of hydrogen-bond acceptors (Lipinski definition) is 2. The summed E-state index contributed by atoms with van der Waals surface area (Å²) in [6.45, 7) is -0.0884. The van der Waals surface area contributed by atoms with Crippen LogP contribution < -0.4 is 0 Å². The van der Waals surface area contributed by atoms with Crippen molar-refractivity contribution in [1.82, 2.24) is 0 Å². The molecule has 2 atom stereocenters. The van der Waals surface area contributed by atoms with Crippen molar-refractivity contribution in [3.05, 3.63) is 34.9 Å². The van der Waals surface area contributed by atoms with Gasteiger partial charge in [0.15, 0.2) is 0 Å². The lowest BCUT2D eigenvalue weighted by molar-refractivity contribution is -0.140. The molecule has 2 N–H and O–H groups in total. The Labute approximate surface area is 92.3 Å². The molecule has 3 nitrogen and oxygen atoms in total. The molecule has 80 valence electrons. The summed E-state index contributed by atoms with van der Waals surface area (Å²) in [5.41, 5.74) is -0.169. The second kappa shape index (κ2) is 3.51. The summed E-state index contributed by atoms with van der Waals surface area (Å²) in [4.78, 5) is 11.2. The minimum absolute atomic E-state index is 0.0884. The van der Waals surface area contributed by atoms with E-state index in [1.165, 1.54) is 0 Å². The van der Waals surface area contributed by atoms with Crippen molar-refractivity contribution >= 4 is 17.6 Å². The summed E-state index contributed by atoms with van der Waals surface area (Å²) >= 11 is 5.74. The Balaban J connectivity index is 2.36. The number of carboxylic acid groups (broad SMARTS) is 1. The van der Waals surface area contributed by atoms with E-state index < -0.39 is 11.4 Å². The van der Waals surface area contributed by atoms with Gasteiger partial charge in [-0.2, -0.15) is 0 Å². The van der Waals surface area contributed by atoms with Crippen LogP contribution in [-0.2, 0) is 10.2 Å². The molecule has 0 amide bonds. The molecule has 0 aromatic heterocycles. The molecule has 0 spiro atoms. The fourth-order valence-electron chi connectivity index (χ4n) is 2.04. The Morgan fingerprint density at radius 2 is 2.07 bits per heavy atom. The molecular formula is C11H11ClO3. The maximum absolute atomic E-state index is 11.2. The first-order valence-corrected chi connectivity index (χ1v) is 5.09. The van der Waals surface area contributed by atoms with Crippen LogP contribution in [0.4, 0.5) is 0 Å². The predicted molar refractivity (Wildman–Crippen MR) is 56.0 cm³/mol. The Kier molecular flexibility index (Phi) is 2.44. The number of aliphatic carboxylic acids is 1. The Bertz CT molecular complexity index is 387. The number of hydrogen-bond donors (Lipinski definition) is 2. The van der Waals surface area contributed by atoms with Gasteiger partial charge in [0.1, 0.15) is 0 Å². The number of aliphatic hydroxyl groups is 1. The molecule has 0 unspecified atom stereocenters. The average molecular weight is 227 g/mol. The van der Waals surface area contributed by atoms with Crippen LogP contribution in [0, 0.1) is 5.92 Å². The van der Waals surface area contributed by atoms with Crippen LogP contribution in [0.1, 0.15) is 12.0 Å². The molecule has 0 bridgehead atoms. The summed E-state index contributed by atoms with van der Waals surface area (Å²) < 4.78 is 0. The molecule has 0 saturated heterocycles. The molecule has 0 radical (unpaired) electrons. The molecule has 4 heteroatoms. The van der Waals surface area contributed by atoms with Gasteiger partial charge in [-0.25, -0.2) is 0 Å². The van der Waals surface area contributed by atoms with E-state index in [-0.39, 0.29) is 12.5 Å². The van der Waals surface area contributed by atoms with Crippen molar-refractivity contribution in [2.45, 2.75) is 11.8 Å². The van der Waals surface area contributed by atoms with Crippen molar-refractivity contribution in [3.8, 4) is 0 Å². The van der Waals surface area contributed by atoms with E-state index in [9.17, 15) is 9.90 Å². The fraction of sp³-hybridized carbons (Fsp3) is 0.364. The summed E-state index contributed by atoms with van der Waals surface area (Å²) in [5, 5.41) is 18.8. The average Bonchev–Trinajstić information content (AvgIpc) is 2.94. The number of carboxylic acids is 1. The number of aliphatic hydroxyl groups excluding tert-OH is 1. The maximum Gasteiger partial charge on any atom is 0.314 e. The third kappa shape index (κ3) is 1.52. The lowest BCUT2D eigenvalue weighted by atomic mass is 9.93. The SMILES string of the molecule is O=C(O)[C@@]1(c2ccc(Cl)cc2)C[C@@H]1CO. The van der Waals surface area contributed by atoms with Gasteiger partial charge in [-0.3, -0.25) is 4.79 Å². The molecule has 0 heterocycles. The van der Waals surface area contributed by atoms with Crippen LogP contribution in [-0.4, -0.2) is 22.8 Å². The smallest absolute Gasteiger partial charge is 0.314 e. The molecule has 1 aliphatic carbocycles. The van der Waals surface area contributed by atoms with E-state index >= 15 is 0 Å². The van der Waals surface area contributed by atoms with Gasteiger partial charge in [0.2, 0.25) is 0 Å². The third-order valence-electron chi connectivity index (χ3n) is 3.07. The van der Waals surface area contributed by atoms with Gasteiger partial charge in [0.25, 0.3) is 0 Å². The summed E-state index contributed by atoms with van der Waals surface area (Å²) in [6.07, 6.45) is 0.500. The third-order valence-corrected chi connectivity index (χ3v) is 3.32. The molecule has 15 heavy (non-hydrogen) atoms. The molecule has 1 aromatic carbocycles. The van der Waals surface area contributed by atoms with Crippen molar-refractivity contribution in [2.24, 2.45) is 5.92 Å². The number of rotatable bonds is 3. The van der Waals surface area contributed by atoms with Gasteiger partial charge in [0, 0.05) is 17.5 Å². The van der Waals surface area contributed by atoms with E-state index in [0.717, 1.165) is 5.56 Å². The maximum atomic E-state index is 11.2. The minimum atomic E-state index is -0.890. The van der Waals surface area contributed by atoms with E-state index in [1.54, 1.807) is 24.3 Å². The lowest BCUT2D eigenvalue weighted by Crippen LogP contribution is -2.23. The first kappa shape index (κ1) is 10.5. The van der Waals surface area contributed by atoms with E-state index in [0.29, 0.717) is 11.4 Å². The van der Waals surface area contributed by atoms with Gasteiger partial charge < -0.3 is 10.2 Å². The first-order valence-electron chi connectivity index (χ1n) is 4.71. The molecule has 1 aromatic rings. The van der Waals surface area contributed by atoms with Gasteiger partial charge in [-0.15, -0.1) is 0 Å². The zero-order chi connectivity index (χ0) is 11.1. The first-order chi connectivity index (χ1) is 7.11. The standard InChI is InChI=1S/C11H11ClO3/c12-9-3-1-7(2-4-9)11(10(14)15)5-8(11)6-13/h1-4,8,13H,5-6H2,(H,14,15)/t8-,11-/m1/s1. The van der Waals surface area contributed by atoms with Gasteiger partial charge in [0.05, 0.1) is 5.41 Å². The highest BCUT2D eigenvalue weighted by Crippen LogP contribution is 2.54. The van der Waals surface area contributed by atoms with Crippen LogP contribution in [0.5, 0.6) is 0 Å². The highest BCUT2D eigenvalue weighted by molar-refractivity contribution is 6.30. The summed E-state index contributed by atoms with van der Waals surface area (Å²) in [5.74, 6) is -1.04. The van der Waals surface area contributed by atoms with E-state index in [2.05, 4.69) is 0 Å². The molecular weight excluding hydrogens is 216 g/mol. The zero-order valence-electron chi connectivity index (χ0n) is 7.98. The van der Waals surface area contributed by atoms with Crippen LogP contribution in [0.3, 0.4) is 0 Å². The Hall–Kier alpha value is -1.06. The highest BCUT2D eigenvalue weighted by atomic mass is 35.5. The topological polar surface area (TPSA) is 57.5 Å². The number of halogens is 1. The van der Waals surface area contributed by atoms with Gasteiger partial charge >= 0.3 is 5.97 Å². The number of benzene rings is 1. The van der Waals surface area contributed by atoms with E-state index in [4.69, 9.17) is 16.7 Å². The van der Waals surface area contributed by atoms with Crippen LogP contribution in [0.15, 0.2) is 24.3 Å². The molecule has 1 saturated carbocycles. The summed E-state index contributed by atoms with van der Waals surface area (Å²) in [7, 11) is 0. The largest absolute Gasteiger partial charge is 0.481 e. The van der Waals surface area contributed by atoms with Crippen LogP contribution in [0.2, 0.25) is 5.02 Å². The molecule has 1 fully saturated rings. The van der Waals surface area contributed by atoms with E-state index in [1.807, 2.05) is 0 Å². The fourth-order valence-corrected chi connectivity index (χ4v) is 2.16. The monoisotopic (exact) mass is 226 g/mol. The highest BCUT2D eigenvalue weighted by Gasteiger charge is 2.61. The van der Waals surface area contributed by atoms with Gasteiger partial charge in [-0.05, 0) is 24.1 Å². The van der Waals surface area contributed by atoms with Crippen molar-refractivity contribution < 1.29 is 15.0 Å². The molecule has 0 aliphatic heterocycles. The van der Waals surface area contributed by atoms with Crippen molar-refractivity contribution in [3.63, 3.8) is 0 Å². The minimum Gasteiger partial charge on any atom is -0.481 e. The Morgan fingerprint density at radius 3 is 2.47 bits per heavy atom.